The fourth-order valence-corrected chi connectivity index (χ4v) is 5.35. The summed E-state index contributed by atoms with van der Waals surface area (Å²) in [4.78, 5) is 2.92. The minimum absolute atomic E-state index is 0.0551. The standard InChI is InChI=1S/C28H34N2O2S/c1-19(2)24-17-25(20(3)4)28(26(18-24)21(5)6)33(31,32)30-29-27(22-13-9-7-10-14-22)23-15-11-8-12-16-23/h7-21,30H,1-6H3. The van der Waals surface area contributed by atoms with E-state index in [0.717, 1.165) is 27.8 Å². The molecule has 174 valence electrons. The summed E-state index contributed by atoms with van der Waals surface area (Å²) in [5.74, 6) is 0.421. The second kappa shape index (κ2) is 10.3. The average Bonchev–Trinajstić information content (AvgIpc) is 2.79. The quantitative estimate of drug-likeness (QED) is 0.296. The normalized spacial score (nSPS) is 11.8. The number of sulfonamides is 1. The van der Waals surface area contributed by atoms with Gasteiger partial charge in [0.2, 0.25) is 0 Å². The van der Waals surface area contributed by atoms with E-state index in [-0.39, 0.29) is 11.8 Å². The van der Waals surface area contributed by atoms with E-state index in [9.17, 15) is 8.42 Å². The summed E-state index contributed by atoms with van der Waals surface area (Å²) in [6.45, 7) is 12.4. The Kier molecular flexibility index (Phi) is 7.75. The highest BCUT2D eigenvalue weighted by atomic mass is 32.2. The molecule has 0 unspecified atom stereocenters. The van der Waals surface area contributed by atoms with Crippen LogP contribution in [0.4, 0.5) is 0 Å². The maximum atomic E-state index is 13.7. The number of nitrogens with zero attached hydrogens (tertiary/aromatic N) is 1. The highest BCUT2D eigenvalue weighted by Gasteiger charge is 2.27. The fraction of sp³-hybridized carbons (Fsp3) is 0.321. The van der Waals surface area contributed by atoms with Crippen LogP contribution in [0.5, 0.6) is 0 Å². The maximum absolute atomic E-state index is 13.7. The van der Waals surface area contributed by atoms with E-state index in [1.165, 1.54) is 0 Å². The van der Waals surface area contributed by atoms with Gasteiger partial charge in [-0.2, -0.15) is 18.4 Å². The van der Waals surface area contributed by atoms with Crippen molar-refractivity contribution in [2.24, 2.45) is 5.10 Å². The Hall–Kier alpha value is -2.92. The Balaban J connectivity index is 2.16. The van der Waals surface area contributed by atoms with Crippen molar-refractivity contribution in [3.63, 3.8) is 0 Å². The first-order valence-corrected chi connectivity index (χ1v) is 13.0. The van der Waals surface area contributed by atoms with Crippen molar-refractivity contribution in [3.8, 4) is 0 Å². The molecule has 0 bridgehead atoms. The van der Waals surface area contributed by atoms with Crippen LogP contribution in [0.25, 0.3) is 0 Å². The molecule has 1 N–H and O–H groups in total. The molecule has 0 aliphatic heterocycles. The zero-order valence-corrected chi connectivity index (χ0v) is 21.1. The highest BCUT2D eigenvalue weighted by Crippen LogP contribution is 2.35. The third-order valence-corrected chi connectivity index (χ3v) is 7.06. The van der Waals surface area contributed by atoms with E-state index in [1.807, 2.05) is 100 Å². The molecule has 0 aromatic heterocycles. The Labute approximate surface area is 198 Å². The van der Waals surface area contributed by atoms with Gasteiger partial charge in [0.25, 0.3) is 10.0 Å². The molecule has 0 aliphatic carbocycles. The Morgan fingerprint density at radius 1 is 0.697 bits per heavy atom. The number of nitrogens with one attached hydrogen (secondary N) is 1. The largest absolute Gasteiger partial charge is 0.277 e. The molecule has 0 aliphatic rings. The van der Waals surface area contributed by atoms with E-state index in [2.05, 4.69) is 23.8 Å². The first kappa shape index (κ1) is 24.7. The van der Waals surface area contributed by atoms with Crippen molar-refractivity contribution < 1.29 is 8.42 Å². The lowest BCUT2D eigenvalue weighted by molar-refractivity contribution is 0.579. The summed E-state index contributed by atoms with van der Waals surface area (Å²) in [6, 6.07) is 23.3. The van der Waals surface area contributed by atoms with Crippen molar-refractivity contribution in [3.05, 3.63) is 101 Å². The molecule has 0 fully saturated rings. The third-order valence-electron chi connectivity index (χ3n) is 5.72. The van der Waals surface area contributed by atoms with Crippen LogP contribution in [-0.2, 0) is 10.0 Å². The van der Waals surface area contributed by atoms with Crippen molar-refractivity contribution in [1.82, 2.24) is 4.83 Å². The number of benzene rings is 3. The second-order valence-corrected chi connectivity index (χ2v) is 10.9. The molecule has 0 spiro atoms. The third kappa shape index (κ3) is 5.72. The molecule has 3 aromatic carbocycles. The first-order valence-electron chi connectivity index (χ1n) is 11.5. The number of hydrogen-bond donors (Lipinski definition) is 1. The topological polar surface area (TPSA) is 58.5 Å². The second-order valence-electron chi connectivity index (χ2n) is 9.28. The summed E-state index contributed by atoms with van der Waals surface area (Å²) in [5, 5.41) is 4.45. The van der Waals surface area contributed by atoms with E-state index < -0.39 is 10.0 Å². The van der Waals surface area contributed by atoms with E-state index in [0.29, 0.717) is 16.5 Å². The van der Waals surface area contributed by atoms with Crippen molar-refractivity contribution >= 4 is 15.7 Å². The van der Waals surface area contributed by atoms with Crippen LogP contribution >= 0.6 is 0 Å². The summed E-state index contributed by atoms with van der Waals surface area (Å²) in [7, 11) is -3.90. The van der Waals surface area contributed by atoms with Crippen LogP contribution in [-0.4, -0.2) is 14.1 Å². The SMILES string of the molecule is CC(C)c1cc(C(C)C)c(S(=O)(=O)NN=C(c2ccccc2)c2ccccc2)c(C(C)C)c1. The lowest BCUT2D eigenvalue weighted by Gasteiger charge is -2.22. The van der Waals surface area contributed by atoms with Crippen LogP contribution in [0.3, 0.4) is 0 Å². The Morgan fingerprint density at radius 2 is 1.12 bits per heavy atom. The van der Waals surface area contributed by atoms with E-state index in [1.54, 1.807) is 0 Å². The van der Waals surface area contributed by atoms with Crippen LogP contribution in [0.1, 0.15) is 87.1 Å². The van der Waals surface area contributed by atoms with Gasteiger partial charge in [0.15, 0.2) is 0 Å². The molecule has 0 radical (unpaired) electrons. The lowest BCUT2D eigenvalue weighted by Crippen LogP contribution is -2.24. The van der Waals surface area contributed by atoms with Gasteiger partial charge in [-0.1, -0.05) is 114 Å². The zero-order valence-electron chi connectivity index (χ0n) is 20.3. The monoisotopic (exact) mass is 462 g/mol. The molecular formula is C28H34N2O2S. The van der Waals surface area contributed by atoms with Crippen molar-refractivity contribution in [2.75, 3.05) is 0 Å². The van der Waals surface area contributed by atoms with Crippen LogP contribution in [0.15, 0.2) is 82.8 Å². The molecule has 3 aromatic rings. The van der Waals surface area contributed by atoms with Gasteiger partial charge in [-0.3, -0.25) is 0 Å². The predicted octanol–water partition coefficient (Wildman–Crippen LogP) is 6.79. The molecule has 0 heterocycles. The molecule has 4 nitrogen and oxygen atoms in total. The maximum Gasteiger partial charge on any atom is 0.277 e. The molecule has 0 saturated heterocycles. The van der Waals surface area contributed by atoms with Gasteiger partial charge in [-0.15, -0.1) is 0 Å². The van der Waals surface area contributed by atoms with Crippen molar-refractivity contribution in [2.45, 2.75) is 64.2 Å². The molecule has 0 atom stereocenters. The Morgan fingerprint density at radius 3 is 1.48 bits per heavy atom. The number of rotatable bonds is 8. The van der Waals surface area contributed by atoms with Gasteiger partial charge in [0.1, 0.15) is 0 Å². The summed E-state index contributed by atoms with van der Waals surface area (Å²) < 4.78 is 27.4. The van der Waals surface area contributed by atoms with Gasteiger partial charge >= 0.3 is 0 Å². The Bertz CT molecular complexity index is 1140. The zero-order chi connectivity index (χ0) is 24.2. The smallest absolute Gasteiger partial charge is 0.200 e. The van der Waals surface area contributed by atoms with Crippen LogP contribution in [0.2, 0.25) is 0 Å². The molecule has 33 heavy (non-hydrogen) atoms. The van der Waals surface area contributed by atoms with Gasteiger partial charge in [-0.05, 0) is 34.4 Å². The average molecular weight is 463 g/mol. The van der Waals surface area contributed by atoms with Gasteiger partial charge < -0.3 is 0 Å². The predicted molar refractivity (Wildman–Crippen MR) is 138 cm³/mol. The number of hydrazone groups is 1. The van der Waals surface area contributed by atoms with Gasteiger partial charge in [0, 0.05) is 11.1 Å². The van der Waals surface area contributed by atoms with E-state index in [4.69, 9.17) is 0 Å². The van der Waals surface area contributed by atoms with Crippen LogP contribution < -0.4 is 4.83 Å². The summed E-state index contributed by atoms with van der Waals surface area (Å²) in [6.07, 6.45) is 0. The molecule has 0 saturated carbocycles. The summed E-state index contributed by atoms with van der Waals surface area (Å²) >= 11 is 0. The van der Waals surface area contributed by atoms with Gasteiger partial charge in [0.05, 0.1) is 10.6 Å². The lowest BCUT2D eigenvalue weighted by atomic mass is 9.89. The molecule has 3 rings (SSSR count). The van der Waals surface area contributed by atoms with Crippen molar-refractivity contribution in [1.29, 1.82) is 0 Å². The minimum Gasteiger partial charge on any atom is -0.200 e. The fourth-order valence-electron chi connectivity index (χ4n) is 3.84. The van der Waals surface area contributed by atoms with Gasteiger partial charge in [-0.25, -0.2) is 0 Å². The first-order chi connectivity index (χ1) is 15.6. The van der Waals surface area contributed by atoms with Crippen LogP contribution in [0, 0.1) is 0 Å². The highest BCUT2D eigenvalue weighted by molar-refractivity contribution is 7.89. The number of hydrogen-bond acceptors (Lipinski definition) is 3. The molecule has 5 heteroatoms. The molecular weight excluding hydrogens is 428 g/mol. The molecule has 0 amide bonds. The van der Waals surface area contributed by atoms with E-state index >= 15 is 0 Å². The summed E-state index contributed by atoms with van der Waals surface area (Å²) in [5.41, 5.74) is 5.07. The minimum atomic E-state index is -3.90.